The Kier molecular flexibility index (Phi) is 12.9. The summed E-state index contributed by atoms with van der Waals surface area (Å²) in [5, 5.41) is 1.61. The maximum Gasteiger partial charge on any atom is 0.119 e. The summed E-state index contributed by atoms with van der Waals surface area (Å²) in [6.45, 7) is 11.8. The van der Waals surface area contributed by atoms with E-state index in [1.165, 1.54) is 23.2 Å². The van der Waals surface area contributed by atoms with E-state index in [2.05, 4.69) is 54.8 Å². The van der Waals surface area contributed by atoms with E-state index in [9.17, 15) is 0 Å². The number of ether oxygens (including phenoxy) is 1. The Hall–Kier alpha value is -2.20. The molecule has 1 saturated heterocycles. The lowest BCUT2D eigenvalue weighted by Crippen LogP contribution is -2.47. The van der Waals surface area contributed by atoms with Gasteiger partial charge in [-0.1, -0.05) is 73.8 Å². The number of nitrogens with zero attached hydrogens (tertiary/aromatic N) is 2. The van der Waals surface area contributed by atoms with E-state index in [1.807, 2.05) is 48.5 Å². The summed E-state index contributed by atoms with van der Waals surface area (Å²) in [4.78, 5) is 5.01. The number of methoxy groups -OCH3 is 1. The molecule has 0 amide bonds. The van der Waals surface area contributed by atoms with Gasteiger partial charge >= 0.3 is 0 Å². The molecule has 1 heterocycles. The quantitative estimate of drug-likeness (QED) is 0.355. The smallest absolute Gasteiger partial charge is 0.119 e. The third-order valence-corrected chi connectivity index (χ3v) is 5.94. The van der Waals surface area contributed by atoms with Crippen molar-refractivity contribution in [1.29, 1.82) is 0 Å². The summed E-state index contributed by atoms with van der Waals surface area (Å²) in [5.41, 5.74) is 3.91. The average molecular weight is 502 g/mol. The highest BCUT2D eigenvalue weighted by Crippen LogP contribution is 2.24. The highest BCUT2D eigenvalue weighted by molar-refractivity contribution is 6.30. The number of hydrogen-bond donors (Lipinski definition) is 0. The molecule has 34 heavy (non-hydrogen) atoms. The molecule has 0 atom stereocenters. The van der Waals surface area contributed by atoms with Crippen LogP contribution in [-0.4, -0.2) is 44.7 Å². The van der Waals surface area contributed by atoms with Crippen molar-refractivity contribution in [3.63, 3.8) is 0 Å². The van der Waals surface area contributed by atoms with Gasteiger partial charge in [0.2, 0.25) is 0 Å². The van der Waals surface area contributed by atoms with Crippen LogP contribution in [0, 0.1) is 6.92 Å². The summed E-state index contributed by atoms with van der Waals surface area (Å²) in [7, 11) is 1.72. The molecule has 1 fully saturated rings. The van der Waals surface area contributed by atoms with Gasteiger partial charge in [0.05, 0.1) is 7.11 Å². The summed E-state index contributed by atoms with van der Waals surface area (Å²) < 4.78 is 5.30. The van der Waals surface area contributed by atoms with Crippen molar-refractivity contribution in [3.8, 4) is 5.75 Å². The summed E-state index contributed by atoms with van der Waals surface area (Å²) in [6, 6.07) is 24.0. The fourth-order valence-electron chi connectivity index (χ4n) is 3.72. The third kappa shape index (κ3) is 9.97. The van der Waals surface area contributed by atoms with E-state index in [0.717, 1.165) is 54.9 Å². The first-order chi connectivity index (χ1) is 16.5. The number of rotatable bonds is 5. The molecule has 0 N–H and O–H groups in total. The first-order valence-electron chi connectivity index (χ1n) is 12.0. The number of anilines is 1. The molecule has 4 rings (SSSR count). The molecule has 1 aliphatic rings. The van der Waals surface area contributed by atoms with E-state index in [0.29, 0.717) is 0 Å². The van der Waals surface area contributed by atoms with Crippen molar-refractivity contribution < 1.29 is 4.74 Å². The van der Waals surface area contributed by atoms with Crippen LogP contribution in [0.2, 0.25) is 10.0 Å². The zero-order valence-corrected chi connectivity index (χ0v) is 22.4. The van der Waals surface area contributed by atoms with Gasteiger partial charge in [-0.2, -0.15) is 0 Å². The van der Waals surface area contributed by atoms with Gasteiger partial charge in [-0.15, -0.1) is 0 Å². The van der Waals surface area contributed by atoms with Crippen molar-refractivity contribution in [2.45, 2.75) is 33.6 Å². The van der Waals surface area contributed by atoms with E-state index < -0.39 is 0 Å². The van der Waals surface area contributed by atoms with E-state index in [4.69, 9.17) is 27.9 Å². The SMILES string of the molecule is CCC.COc1cccc(CCN2CCN(c3ccc(Cl)cc3C)CC2)c1.Clc1ccccc1. The molecule has 0 radical (unpaired) electrons. The second-order valence-electron chi connectivity index (χ2n) is 8.36. The Balaban J connectivity index is 0.000000341. The molecule has 3 aromatic carbocycles. The van der Waals surface area contributed by atoms with Gasteiger partial charge in [-0.3, -0.25) is 4.90 Å². The van der Waals surface area contributed by atoms with Crippen molar-refractivity contribution in [2.75, 3.05) is 44.7 Å². The highest BCUT2D eigenvalue weighted by Gasteiger charge is 2.18. The third-order valence-electron chi connectivity index (χ3n) is 5.46. The number of benzene rings is 3. The zero-order chi connectivity index (χ0) is 24.8. The van der Waals surface area contributed by atoms with Crippen LogP contribution in [0.25, 0.3) is 0 Å². The van der Waals surface area contributed by atoms with Gasteiger partial charge in [-0.25, -0.2) is 0 Å². The molecule has 3 nitrogen and oxygen atoms in total. The lowest BCUT2D eigenvalue weighted by molar-refractivity contribution is 0.261. The molecule has 0 bridgehead atoms. The van der Waals surface area contributed by atoms with Crippen molar-refractivity contribution >= 4 is 28.9 Å². The molecule has 3 aromatic rings. The molecule has 0 saturated carbocycles. The normalized spacial score (nSPS) is 13.3. The van der Waals surface area contributed by atoms with Crippen molar-refractivity contribution in [1.82, 2.24) is 4.90 Å². The van der Waals surface area contributed by atoms with Gasteiger partial charge in [0.25, 0.3) is 0 Å². The lowest BCUT2D eigenvalue weighted by Gasteiger charge is -2.36. The molecular weight excluding hydrogens is 463 g/mol. The van der Waals surface area contributed by atoms with Gasteiger partial charge in [0, 0.05) is 48.5 Å². The van der Waals surface area contributed by atoms with Gasteiger partial charge < -0.3 is 9.64 Å². The van der Waals surface area contributed by atoms with E-state index in [1.54, 1.807) is 7.11 Å². The average Bonchev–Trinajstić information content (AvgIpc) is 2.85. The minimum atomic E-state index is 0.794. The topological polar surface area (TPSA) is 15.7 Å². The van der Waals surface area contributed by atoms with Crippen LogP contribution in [0.4, 0.5) is 5.69 Å². The predicted octanol–water partition coefficient (Wildman–Crippen LogP) is 7.78. The monoisotopic (exact) mass is 500 g/mol. The number of hydrogen-bond acceptors (Lipinski definition) is 3. The predicted molar refractivity (Wildman–Crippen MR) is 149 cm³/mol. The minimum absolute atomic E-state index is 0.794. The summed E-state index contributed by atoms with van der Waals surface area (Å²) in [5.74, 6) is 0.940. The second kappa shape index (κ2) is 15.7. The molecule has 5 heteroatoms. The van der Waals surface area contributed by atoms with Gasteiger partial charge in [-0.05, 0) is 66.9 Å². The standard InChI is InChI=1S/C20H25ClN2O.C6H5Cl.C3H8/c1-16-14-18(21)6-7-20(16)23-12-10-22(11-13-23)9-8-17-4-3-5-19(15-17)24-2;7-6-4-2-1-3-5-6;1-3-2/h3-7,14-15H,8-13H2,1-2H3;1-5H;3H2,1-2H3. The van der Waals surface area contributed by atoms with Crippen LogP contribution in [0.15, 0.2) is 72.8 Å². The van der Waals surface area contributed by atoms with Crippen LogP contribution in [0.5, 0.6) is 5.75 Å². The zero-order valence-electron chi connectivity index (χ0n) is 20.9. The second-order valence-corrected chi connectivity index (χ2v) is 9.24. The minimum Gasteiger partial charge on any atom is -0.497 e. The Morgan fingerprint density at radius 2 is 1.47 bits per heavy atom. The Bertz CT molecular complexity index is 957. The molecule has 0 spiro atoms. The number of halogens is 2. The Morgan fingerprint density at radius 3 is 2.03 bits per heavy atom. The van der Waals surface area contributed by atoms with E-state index >= 15 is 0 Å². The maximum atomic E-state index is 6.06. The number of piperazine rings is 1. The Morgan fingerprint density at radius 1 is 0.794 bits per heavy atom. The highest BCUT2D eigenvalue weighted by atomic mass is 35.5. The van der Waals surface area contributed by atoms with Gasteiger partial charge in [0.15, 0.2) is 0 Å². The summed E-state index contributed by atoms with van der Waals surface area (Å²) in [6.07, 6.45) is 2.32. The molecule has 0 unspecified atom stereocenters. The van der Waals surface area contributed by atoms with Crippen LogP contribution < -0.4 is 9.64 Å². The maximum absolute atomic E-state index is 6.06. The van der Waals surface area contributed by atoms with Crippen LogP contribution >= 0.6 is 23.2 Å². The largest absolute Gasteiger partial charge is 0.497 e. The first-order valence-corrected chi connectivity index (χ1v) is 12.8. The summed E-state index contributed by atoms with van der Waals surface area (Å²) >= 11 is 11.6. The van der Waals surface area contributed by atoms with Crippen LogP contribution in [-0.2, 0) is 6.42 Å². The molecule has 184 valence electrons. The van der Waals surface area contributed by atoms with Gasteiger partial charge in [0.1, 0.15) is 5.75 Å². The van der Waals surface area contributed by atoms with Crippen molar-refractivity contribution in [3.05, 3.63) is 94.0 Å². The van der Waals surface area contributed by atoms with Crippen LogP contribution in [0.3, 0.4) is 0 Å². The van der Waals surface area contributed by atoms with E-state index in [-0.39, 0.29) is 0 Å². The molecule has 0 aromatic heterocycles. The first kappa shape index (κ1) is 28.0. The van der Waals surface area contributed by atoms with Crippen molar-refractivity contribution in [2.24, 2.45) is 0 Å². The fraction of sp³-hybridized carbons (Fsp3) is 0.379. The van der Waals surface area contributed by atoms with Crippen LogP contribution in [0.1, 0.15) is 31.4 Å². The fourth-order valence-corrected chi connectivity index (χ4v) is 4.09. The lowest BCUT2D eigenvalue weighted by atomic mass is 10.1. The molecule has 1 aliphatic heterocycles. The number of aryl methyl sites for hydroxylation is 1. The Labute approximate surface area is 216 Å². The molecule has 0 aliphatic carbocycles. The molecular formula is C29H38Cl2N2O.